The zero-order chi connectivity index (χ0) is 12.9. The predicted octanol–water partition coefficient (Wildman–Crippen LogP) is 2.30. The van der Waals surface area contributed by atoms with E-state index in [9.17, 15) is 10.4 Å². The molecule has 1 aliphatic carbocycles. The van der Waals surface area contributed by atoms with Gasteiger partial charge in [-0.25, -0.2) is 0 Å². The van der Waals surface area contributed by atoms with Crippen LogP contribution < -0.4 is 5.32 Å². The van der Waals surface area contributed by atoms with Crippen LogP contribution >= 0.6 is 11.8 Å². The Morgan fingerprint density at radius 3 is 2.65 bits per heavy atom. The van der Waals surface area contributed by atoms with Crippen LogP contribution in [0.1, 0.15) is 46.5 Å². The molecule has 0 aromatic heterocycles. The predicted molar refractivity (Wildman–Crippen MR) is 73.0 cm³/mol. The van der Waals surface area contributed by atoms with Crippen LogP contribution in [0.5, 0.6) is 0 Å². The maximum absolute atomic E-state index is 9.37. The number of aliphatic hydroxyl groups is 1. The van der Waals surface area contributed by atoms with Crippen LogP contribution in [0.15, 0.2) is 0 Å². The molecule has 0 aliphatic heterocycles. The third kappa shape index (κ3) is 5.76. The lowest BCUT2D eigenvalue weighted by atomic mass is 9.98. The third-order valence-electron chi connectivity index (χ3n) is 3.23. The van der Waals surface area contributed by atoms with Crippen molar-refractivity contribution >= 4 is 11.8 Å². The van der Waals surface area contributed by atoms with Crippen LogP contribution in [0.25, 0.3) is 0 Å². The van der Waals surface area contributed by atoms with E-state index >= 15 is 0 Å². The van der Waals surface area contributed by atoms with Crippen LogP contribution in [0.2, 0.25) is 0 Å². The number of hydrogen-bond donors (Lipinski definition) is 2. The van der Waals surface area contributed by atoms with Crippen molar-refractivity contribution in [3.05, 3.63) is 0 Å². The normalized spacial score (nSPS) is 22.5. The summed E-state index contributed by atoms with van der Waals surface area (Å²) < 4.78 is 0. The van der Waals surface area contributed by atoms with Crippen molar-refractivity contribution in [3.8, 4) is 6.07 Å². The lowest BCUT2D eigenvalue weighted by molar-refractivity contribution is 0.196. The molecule has 3 atom stereocenters. The molecule has 1 aliphatic rings. The summed E-state index contributed by atoms with van der Waals surface area (Å²) in [5.74, 6) is 1.01. The van der Waals surface area contributed by atoms with E-state index in [1.54, 1.807) is 11.8 Å². The average molecular weight is 256 g/mol. The second-order valence-corrected chi connectivity index (χ2v) is 6.77. The first kappa shape index (κ1) is 14.8. The molecular weight excluding hydrogens is 232 g/mol. The Labute approximate surface area is 109 Å². The van der Waals surface area contributed by atoms with Crippen molar-refractivity contribution in [1.82, 2.24) is 5.32 Å². The number of thioether (sulfide) groups is 1. The van der Waals surface area contributed by atoms with Gasteiger partial charge < -0.3 is 5.11 Å². The Balaban J connectivity index is 2.17. The van der Waals surface area contributed by atoms with Gasteiger partial charge in [-0.1, -0.05) is 6.92 Å². The summed E-state index contributed by atoms with van der Waals surface area (Å²) >= 11 is 1.78. The van der Waals surface area contributed by atoms with Crippen LogP contribution in [-0.2, 0) is 0 Å². The van der Waals surface area contributed by atoms with Gasteiger partial charge in [0.1, 0.15) is 5.54 Å². The molecule has 0 aromatic rings. The summed E-state index contributed by atoms with van der Waals surface area (Å²) in [6.45, 7) is 5.86. The molecule has 4 heteroatoms. The van der Waals surface area contributed by atoms with Gasteiger partial charge in [0.25, 0.3) is 0 Å². The van der Waals surface area contributed by atoms with E-state index in [1.165, 1.54) is 12.8 Å². The molecule has 0 saturated heterocycles. The van der Waals surface area contributed by atoms with E-state index in [0.717, 1.165) is 18.6 Å². The molecule has 0 radical (unpaired) electrons. The number of hydrogen-bond acceptors (Lipinski definition) is 4. The molecule has 2 N–H and O–H groups in total. The van der Waals surface area contributed by atoms with E-state index in [0.29, 0.717) is 6.04 Å². The van der Waals surface area contributed by atoms with E-state index in [4.69, 9.17) is 0 Å². The first-order chi connectivity index (χ1) is 7.97. The Kier molecular flexibility index (Phi) is 5.78. The number of rotatable bonds is 8. The molecule has 1 saturated carbocycles. The Morgan fingerprint density at radius 1 is 1.53 bits per heavy atom. The molecule has 98 valence electrons. The summed E-state index contributed by atoms with van der Waals surface area (Å²) in [5.41, 5.74) is -0.365. The van der Waals surface area contributed by atoms with E-state index in [2.05, 4.69) is 11.4 Å². The van der Waals surface area contributed by atoms with E-state index in [-0.39, 0.29) is 16.9 Å². The van der Waals surface area contributed by atoms with Crippen LogP contribution in [-0.4, -0.2) is 33.8 Å². The second kappa shape index (κ2) is 6.63. The van der Waals surface area contributed by atoms with Gasteiger partial charge in [-0.05, 0) is 45.3 Å². The van der Waals surface area contributed by atoms with Crippen molar-refractivity contribution < 1.29 is 5.11 Å². The molecule has 0 amide bonds. The summed E-state index contributed by atoms with van der Waals surface area (Å²) in [4.78, 5) is 0. The highest BCUT2D eigenvalue weighted by Crippen LogP contribution is 2.25. The second-order valence-electron chi connectivity index (χ2n) is 5.28. The molecule has 0 aromatic carbocycles. The van der Waals surface area contributed by atoms with Crippen molar-refractivity contribution in [3.63, 3.8) is 0 Å². The van der Waals surface area contributed by atoms with Crippen LogP contribution in [0.3, 0.4) is 0 Å². The molecule has 3 unspecified atom stereocenters. The first-order valence-corrected chi connectivity index (χ1v) is 7.50. The van der Waals surface area contributed by atoms with Crippen molar-refractivity contribution in [2.45, 2.75) is 69.4 Å². The lowest BCUT2D eigenvalue weighted by Crippen LogP contribution is -2.42. The standard InChI is InChI=1S/C13H24N2OS/c1-10(16)11(2)17-8-4-7-13(3,9-14)15-12-5-6-12/h10-12,15-16H,4-8H2,1-3H3. The highest BCUT2D eigenvalue weighted by atomic mass is 32.2. The van der Waals surface area contributed by atoms with Gasteiger partial charge in [0.15, 0.2) is 0 Å². The van der Waals surface area contributed by atoms with Gasteiger partial charge in [-0.15, -0.1) is 0 Å². The molecule has 0 bridgehead atoms. The molecule has 0 heterocycles. The SMILES string of the molecule is CC(O)C(C)SCCCC(C)(C#N)NC1CC1. The average Bonchev–Trinajstić information content (AvgIpc) is 3.07. The molecule has 0 spiro atoms. The highest BCUT2D eigenvalue weighted by Gasteiger charge is 2.31. The number of nitriles is 1. The number of nitrogens with one attached hydrogen (secondary N) is 1. The minimum absolute atomic E-state index is 0.257. The minimum Gasteiger partial charge on any atom is -0.392 e. The Hall–Kier alpha value is -0.240. The van der Waals surface area contributed by atoms with E-state index in [1.807, 2.05) is 20.8 Å². The van der Waals surface area contributed by atoms with Crippen LogP contribution in [0.4, 0.5) is 0 Å². The molecule has 17 heavy (non-hydrogen) atoms. The molecule has 3 nitrogen and oxygen atoms in total. The summed E-state index contributed by atoms with van der Waals surface area (Å²) in [6.07, 6.45) is 4.08. The fourth-order valence-corrected chi connectivity index (χ4v) is 2.63. The largest absolute Gasteiger partial charge is 0.392 e. The van der Waals surface area contributed by atoms with Crippen molar-refractivity contribution in [1.29, 1.82) is 5.26 Å². The number of aliphatic hydroxyl groups excluding tert-OH is 1. The van der Waals surface area contributed by atoms with Gasteiger partial charge in [0.2, 0.25) is 0 Å². The van der Waals surface area contributed by atoms with E-state index < -0.39 is 0 Å². The minimum atomic E-state index is -0.365. The zero-order valence-electron chi connectivity index (χ0n) is 11.1. The molecule has 1 rings (SSSR count). The summed E-state index contributed by atoms with van der Waals surface area (Å²) in [5, 5.41) is 22.3. The van der Waals surface area contributed by atoms with Gasteiger partial charge in [0, 0.05) is 11.3 Å². The fraction of sp³-hybridized carbons (Fsp3) is 0.923. The summed E-state index contributed by atoms with van der Waals surface area (Å²) in [7, 11) is 0. The lowest BCUT2D eigenvalue weighted by Gasteiger charge is -2.23. The maximum atomic E-state index is 9.37. The smallest absolute Gasteiger partial charge is 0.104 e. The quantitative estimate of drug-likeness (QED) is 0.654. The molecular formula is C13H24N2OS. The third-order valence-corrected chi connectivity index (χ3v) is 4.67. The monoisotopic (exact) mass is 256 g/mol. The van der Waals surface area contributed by atoms with Crippen molar-refractivity contribution in [2.75, 3.05) is 5.75 Å². The van der Waals surface area contributed by atoms with Gasteiger partial charge in [0.05, 0.1) is 12.2 Å². The van der Waals surface area contributed by atoms with Gasteiger partial charge in [-0.2, -0.15) is 17.0 Å². The topological polar surface area (TPSA) is 56.0 Å². The Morgan fingerprint density at radius 2 is 2.18 bits per heavy atom. The van der Waals surface area contributed by atoms with Crippen LogP contribution in [0, 0.1) is 11.3 Å². The fourth-order valence-electron chi connectivity index (χ4n) is 1.67. The van der Waals surface area contributed by atoms with Gasteiger partial charge >= 0.3 is 0 Å². The van der Waals surface area contributed by atoms with Gasteiger partial charge in [-0.3, -0.25) is 5.32 Å². The van der Waals surface area contributed by atoms with Crippen molar-refractivity contribution in [2.24, 2.45) is 0 Å². The molecule has 1 fully saturated rings. The highest BCUT2D eigenvalue weighted by molar-refractivity contribution is 7.99. The Bertz CT molecular complexity index is 273. The maximum Gasteiger partial charge on any atom is 0.104 e. The number of nitrogens with zero attached hydrogens (tertiary/aromatic N) is 1. The zero-order valence-corrected chi connectivity index (χ0v) is 11.9. The summed E-state index contributed by atoms with van der Waals surface area (Å²) in [6, 6.07) is 2.96. The first-order valence-electron chi connectivity index (χ1n) is 6.45.